The van der Waals surface area contributed by atoms with Crippen LogP contribution in [0.4, 0.5) is 17.6 Å². The third-order valence-electron chi connectivity index (χ3n) is 4.16. The van der Waals surface area contributed by atoms with Gasteiger partial charge in [-0.2, -0.15) is 4.39 Å². The van der Waals surface area contributed by atoms with E-state index in [2.05, 4.69) is 16.6 Å². The Morgan fingerprint density at radius 3 is 2.27 bits per heavy atom. The van der Waals surface area contributed by atoms with Crippen molar-refractivity contribution in [3.63, 3.8) is 0 Å². The second-order valence-electron chi connectivity index (χ2n) is 6.52. The van der Waals surface area contributed by atoms with E-state index < -0.39 is 29.0 Å². The van der Waals surface area contributed by atoms with Gasteiger partial charge in [-0.05, 0) is 44.5 Å². The molecule has 0 aliphatic rings. The van der Waals surface area contributed by atoms with Crippen LogP contribution in [0.25, 0.3) is 0 Å². The van der Waals surface area contributed by atoms with Crippen molar-refractivity contribution in [1.29, 1.82) is 0 Å². The Morgan fingerprint density at radius 2 is 1.73 bits per heavy atom. The number of nitrogens with two attached hydrogens (primary N) is 1. The largest absolute Gasteiger partial charge is 0.451 e. The molecule has 30 heavy (non-hydrogen) atoms. The number of benzene rings is 2. The van der Waals surface area contributed by atoms with Crippen LogP contribution in [0.2, 0.25) is 0 Å². The summed E-state index contributed by atoms with van der Waals surface area (Å²) in [5.41, 5.74) is 7.26. The molecule has 0 saturated heterocycles. The molecular formula is C22H21F4N3O. The minimum absolute atomic E-state index is 0.0691. The van der Waals surface area contributed by atoms with Crippen molar-refractivity contribution in [2.75, 3.05) is 7.05 Å². The van der Waals surface area contributed by atoms with Crippen molar-refractivity contribution in [2.45, 2.75) is 20.8 Å². The molecule has 0 atom stereocenters. The topological polar surface area (TPSA) is 60.0 Å². The van der Waals surface area contributed by atoms with Crippen LogP contribution in [0.15, 0.2) is 58.2 Å². The van der Waals surface area contributed by atoms with Gasteiger partial charge in [-0.15, -0.1) is 0 Å². The fourth-order valence-electron chi connectivity index (χ4n) is 2.80. The second-order valence-corrected chi connectivity index (χ2v) is 6.52. The molecule has 2 rings (SSSR count). The number of aliphatic imine (C=N–C) groups is 2. The van der Waals surface area contributed by atoms with Crippen LogP contribution in [-0.2, 0) is 0 Å². The lowest BCUT2D eigenvalue weighted by atomic mass is 9.97. The highest BCUT2D eigenvalue weighted by Gasteiger charge is 2.22. The van der Waals surface area contributed by atoms with Crippen LogP contribution in [-0.4, -0.2) is 18.6 Å². The molecule has 0 saturated carbocycles. The van der Waals surface area contributed by atoms with Crippen LogP contribution in [0.3, 0.4) is 0 Å². The van der Waals surface area contributed by atoms with E-state index in [1.54, 1.807) is 13.8 Å². The lowest BCUT2D eigenvalue weighted by Gasteiger charge is -2.15. The fourth-order valence-corrected chi connectivity index (χ4v) is 2.80. The number of ether oxygens (including phenoxy) is 1. The normalized spacial score (nSPS) is 12.0. The number of amidine groups is 1. The lowest BCUT2D eigenvalue weighted by Crippen LogP contribution is -2.24. The summed E-state index contributed by atoms with van der Waals surface area (Å²) in [7, 11) is 1.46. The van der Waals surface area contributed by atoms with Gasteiger partial charge in [-0.25, -0.2) is 18.2 Å². The molecule has 4 nitrogen and oxygen atoms in total. The lowest BCUT2D eigenvalue weighted by molar-refractivity contribution is 0.383. The molecule has 0 amide bonds. The number of rotatable bonds is 6. The quantitative estimate of drug-likeness (QED) is 0.287. The molecule has 0 aliphatic carbocycles. The first-order valence-electron chi connectivity index (χ1n) is 8.83. The Hall–Kier alpha value is -3.42. The van der Waals surface area contributed by atoms with Crippen molar-refractivity contribution < 1.29 is 22.3 Å². The van der Waals surface area contributed by atoms with E-state index in [-0.39, 0.29) is 28.4 Å². The first-order chi connectivity index (χ1) is 14.1. The van der Waals surface area contributed by atoms with Gasteiger partial charge in [0.2, 0.25) is 11.6 Å². The molecule has 0 aliphatic heterocycles. The minimum atomic E-state index is -1.50. The molecule has 0 unspecified atom stereocenters. The molecule has 0 fully saturated rings. The van der Waals surface area contributed by atoms with Crippen LogP contribution in [0.1, 0.15) is 25.0 Å². The van der Waals surface area contributed by atoms with E-state index in [1.165, 1.54) is 32.3 Å². The Morgan fingerprint density at radius 1 is 1.07 bits per heavy atom. The number of allylic oxidation sites excluding steroid dienone is 1. The number of halogens is 4. The zero-order chi connectivity index (χ0) is 22.6. The van der Waals surface area contributed by atoms with Gasteiger partial charge in [-0.3, -0.25) is 4.99 Å². The third-order valence-corrected chi connectivity index (χ3v) is 4.16. The number of hydrogen-bond donors (Lipinski definition) is 1. The van der Waals surface area contributed by atoms with Gasteiger partial charge in [0.25, 0.3) is 0 Å². The van der Waals surface area contributed by atoms with Crippen LogP contribution < -0.4 is 10.5 Å². The summed E-state index contributed by atoms with van der Waals surface area (Å²) in [5.74, 6) is -5.70. The van der Waals surface area contributed by atoms with Gasteiger partial charge in [0, 0.05) is 30.5 Å². The van der Waals surface area contributed by atoms with Crippen molar-refractivity contribution in [3.8, 4) is 11.5 Å². The van der Waals surface area contributed by atoms with Crippen molar-refractivity contribution in [2.24, 2.45) is 15.7 Å². The summed E-state index contributed by atoms with van der Waals surface area (Å²) < 4.78 is 61.7. The summed E-state index contributed by atoms with van der Waals surface area (Å²) in [6, 6.07) is 4.23. The Bertz CT molecular complexity index is 1060. The molecule has 0 spiro atoms. The standard InChI is InChI=1S/C22H21F4N3O/c1-6-29-22(27)17(11(2)3)20(28-5)14-8-7-13(10-15(14)23)30-21-18(25)12(4)9-16(24)19(21)26/h6-10H,1H2,2-5H3,(H2,27,29). The molecule has 0 heterocycles. The van der Waals surface area contributed by atoms with Gasteiger partial charge >= 0.3 is 0 Å². The van der Waals surface area contributed by atoms with Gasteiger partial charge < -0.3 is 10.5 Å². The van der Waals surface area contributed by atoms with Crippen LogP contribution >= 0.6 is 0 Å². The monoisotopic (exact) mass is 419 g/mol. The summed E-state index contributed by atoms with van der Waals surface area (Å²) in [6.45, 7) is 8.27. The fraction of sp³-hybridized carbons (Fsp3) is 0.182. The highest BCUT2D eigenvalue weighted by atomic mass is 19.2. The Kier molecular flexibility index (Phi) is 7.15. The van der Waals surface area contributed by atoms with Crippen molar-refractivity contribution in [3.05, 3.63) is 82.6 Å². The van der Waals surface area contributed by atoms with Crippen LogP contribution in [0.5, 0.6) is 11.5 Å². The van der Waals surface area contributed by atoms with E-state index in [0.717, 1.165) is 11.6 Å². The smallest absolute Gasteiger partial charge is 0.204 e. The Balaban J connectivity index is 2.51. The first kappa shape index (κ1) is 22.9. The van der Waals surface area contributed by atoms with Crippen LogP contribution in [0, 0.1) is 30.2 Å². The van der Waals surface area contributed by atoms with Crippen molar-refractivity contribution in [1.82, 2.24) is 0 Å². The molecule has 8 heteroatoms. The second kappa shape index (κ2) is 9.39. The predicted molar refractivity (Wildman–Crippen MR) is 110 cm³/mol. The molecule has 2 N–H and O–H groups in total. The minimum Gasteiger partial charge on any atom is -0.451 e. The van der Waals surface area contributed by atoms with E-state index in [4.69, 9.17) is 10.5 Å². The van der Waals surface area contributed by atoms with E-state index in [1.807, 2.05) is 0 Å². The SMILES string of the molecule is C=CN=C(N)C(C(=NC)c1ccc(Oc2c(F)c(C)cc(F)c2F)cc1F)=C(C)C. The first-order valence-corrected chi connectivity index (χ1v) is 8.83. The average molecular weight is 419 g/mol. The summed E-state index contributed by atoms with van der Waals surface area (Å²) in [6.07, 6.45) is 1.25. The molecule has 0 radical (unpaired) electrons. The van der Waals surface area contributed by atoms with Gasteiger partial charge in [-0.1, -0.05) is 12.2 Å². The van der Waals surface area contributed by atoms with Crippen molar-refractivity contribution >= 4 is 11.5 Å². The summed E-state index contributed by atoms with van der Waals surface area (Å²) in [4.78, 5) is 8.06. The van der Waals surface area contributed by atoms with Gasteiger partial charge in [0.1, 0.15) is 17.4 Å². The highest BCUT2D eigenvalue weighted by Crippen LogP contribution is 2.32. The van der Waals surface area contributed by atoms with E-state index in [0.29, 0.717) is 11.6 Å². The molecule has 2 aromatic carbocycles. The maximum absolute atomic E-state index is 14.9. The number of nitrogens with zero attached hydrogens (tertiary/aromatic N) is 2. The molecule has 2 aromatic rings. The summed E-state index contributed by atoms with van der Waals surface area (Å²) in [5, 5.41) is 0. The van der Waals surface area contributed by atoms with E-state index >= 15 is 0 Å². The highest BCUT2D eigenvalue weighted by molar-refractivity contribution is 6.29. The maximum atomic E-state index is 14.9. The maximum Gasteiger partial charge on any atom is 0.204 e. The average Bonchev–Trinajstić information content (AvgIpc) is 2.68. The molecular weight excluding hydrogens is 398 g/mol. The zero-order valence-corrected chi connectivity index (χ0v) is 17.0. The Labute approximate surface area is 172 Å². The molecule has 0 aromatic heterocycles. The summed E-state index contributed by atoms with van der Waals surface area (Å²) >= 11 is 0. The molecule has 158 valence electrons. The van der Waals surface area contributed by atoms with E-state index in [9.17, 15) is 17.6 Å². The molecule has 0 bridgehead atoms. The number of aryl methyl sites for hydroxylation is 1. The zero-order valence-electron chi connectivity index (χ0n) is 17.0. The predicted octanol–water partition coefficient (Wildman–Crippen LogP) is 5.60. The number of hydrogen-bond acceptors (Lipinski definition) is 3. The van der Waals surface area contributed by atoms with Gasteiger partial charge in [0.15, 0.2) is 11.6 Å². The van der Waals surface area contributed by atoms with Gasteiger partial charge in [0.05, 0.1) is 5.71 Å². The third kappa shape index (κ3) is 4.59.